The average Bonchev–Trinajstić information content (AvgIpc) is 2.82. The Morgan fingerprint density at radius 1 is 1.17 bits per heavy atom. The molecule has 0 bridgehead atoms. The Labute approximate surface area is 134 Å². The van der Waals surface area contributed by atoms with Crippen LogP contribution in [0.5, 0.6) is 0 Å². The monoisotopic (exact) mass is 384 g/mol. The van der Waals surface area contributed by atoms with E-state index < -0.39 is 0 Å². The zero-order valence-electron chi connectivity index (χ0n) is 9.15. The van der Waals surface area contributed by atoms with Crippen molar-refractivity contribution < 1.29 is 42.2 Å². The molecular weight excluding hydrogens is 377 g/mol. The minimum atomic E-state index is 0. The molecule has 2 aromatic carbocycles. The Hall–Kier alpha value is -1.34. The SMILES string of the molecule is N#Cc1ccc(-c2nc3c[c-]ccc3o2)cc1.[Ho]. The summed E-state index contributed by atoms with van der Waals surface area (Å²) in [6.07, 6.45) is 0. The van der Waals surface area contributed by atoms with Crippen molar-refractivity contribution in [1.29, 1.82) is 5.26 Å². The van der Waals surface area contributed by atoms with E-state index in [9.17, 15) is 0 Å². The summed E-state index contributed by atoms with van der Waals surface area (Å²) in [6, 6.07) is 17.6. The predicted molar refractivity (Wildman–Crippen MR) is 63.0 cm³/mol. The van der Waals surface area contributed by atoms with Crippen LogP contribution in [0, 0.1) is 55.1 Å². The number of hydrogen-bond donors (Lipinski definition) is 0. The maximum Gasteiger partial charge on any atom is 0.212 e. The Kier molecular flexibility index (Phi) is 4.03. The fourth-order valence-corrected chi connectivity index (χ4v) is 1.63. The molecule has 0 aliphatic rings. The molecule has 1 aromatic heterocycles. The molecule has 3 nitrogen and oxygen atoms in total. The van der Waals surface area contributed by atoms with Crippen molar-refractivity contribution in [3.63, 3.8) is 0 Å². The van der Waals surface area contributed by atoms with Gasteiger partial charge >= 0.3 is 0 Å². The van der Waals surface area contributed by atoms with Crippen LogP contribution in [0.4, 0.5) is 0 Å². The largest absolute Gasteiger partial charge is 0.463 e. The summed E-state index contributed by atoms with van der Waals surface area (Å²) in [6.45, 7) is 0. The molecule has 0 N–H and O–H groups in total. The minimum absolute atomic E-state index is 0. The standard InChI is InChI=1S/C14H7N2O.Ho/c15-9-10-5-7-11(8-6-10)14-16-12-3-1-2-4-13(12)17-14;/h2-8H;/q-1;. The first-order valence-corrected chi connectivity index (χ1v) is 5.14. The third kappa shape index (κ3) is 2.41. The predicted octanol–water partition coefficient (Wildman–Crippen LogP) is 3.17. The molecule has 0 amide bonds. The smallest absolute Gasteiger partial charge is 0.212 e. The van der Waals surface area contributed by atoms with Crippen LogP contribution in [-0.2, 0) is 0 Å². The van der Waals surface area contributed by atoms with E-state index in [2.05, 4.69) is 17.1 Å². The normalized spacial score (nSPS) is 9.72. The zero-order chi connectivity index (χ0) is 11.7. The Morgan fingerprint density at radius 2 is 1.94 bits per heavy atom. The fraction of sp³-hybridized carbons (Fsp3) is 0. The van der Waals surface area contributed by atoms with Crippen LogP contribution in [0.2, 0.25) is 0 Å². The van der Waals surface area contributed by atoms with E-state index in [1.807, 2.05) is 18.2 Å². The van der Waals surface area contributed by atoms with Gasteiger partial charge in [-0.1, -0.05) is 0 Å². The number of oxazole rings is 1. The molecule has 1 radical (unpaired) electrons. The number of nitriles is 1. The molecule has 0 aliphatic carbocycles. The summed E-state index contributed by atoms with van der Waals surface area (Å²) in [5.74, 6) is 0.559. The van der Waals surface area contributed by atoms with Crippen LogP contribution in [0.25, 0.3) is 22.6 Å². The summed E-state index contributed by atoms with van der Waals surface area (Å²) in [5.41, 5.74) is 3.01. The molecule has 18 heavy (non-hydrogen) atoms. The second-order valence-electron chi connectivity index (χ2n) is 3.60. The average molecular weight is 384 g/mol. The number of rotatable bonds is 1. The molecule has 0 fully saturated rings. The van der Waals surface area contributed by atoms with Gasteiger partial charge in [0.05, 0.1) is 11.6 Å². The van der Waals surface area contributed by atoms with E-state index in [0.29, 0.717) is 11.5 Å². The zero-order valence-corrected chi connectivity index (χ0v) is 11.1. The summed E-state index contributed by atoms with van der Waals surface area (Å²) in [5, 5.41) is 8.72. The number of fused-ring (bicyclic) bond motifs is 1. The first-order chi connectivity index (χ1) is 8.36. The molecule has 0 spiro atoms. The van der Waals surface area contributed by atoms with Gasteiger partial charge in [-0.25, -0.2) is 0 Å². The van der Waals surface area contributed by atoms with Crippen molar-refractivity contribution in [3.8, 4) is 17.5 Å². The molecule has 91 valence electrons. The molecule has 4 heteroatoms. The summed E-state index contributed by atoms with van der Waals surface area (Å²) in [4.78, 5) is 4.36. The van der Waals surface area contributed by atoms with Crippen molar-refractivity contribution in [1.82, 2.24) is 4.98 Å². The van der Waals surface area contributed by atoms with E-state index in [0.717, 1.165) is 16.7 Å². The van der Waals surface area contributed by atoms with Crippen LogP contribution >= 0.6 is 0 Å². The maximum absolute atomic E-state index is 8.72. The summed E-state index contributed by atoms with van der Waals surface area (Å²) >= 11 is 0. The van der Waals surface area contributed by atoms with Crippen molar-refractivity contribution in [2.45, 2.75) is 0 Å². The second kappa shape index (κ2) is 5.53. The van der Waals surface area contributed by atoms with Gasteiger partial charge in [0.2, 0.25) is 5.89 Å². The van der Waals surface area contributed by atoms with Gasteiger partial charge in [0, 0.05) is 48.9 Å². The number of benzene rings is 2. The summed E-state index contributed by atoms with van der Waals surface area (Å²) < 4.78 is 5.61. The van der Waals surface area contributed by atoms with Gasteiger partial charge in [-0.2, -0.15) is 17.4 Å². The van der Waals surface area contributed by atoms with Crippen LogP contribution < -0.4 is 0 Å². The van der Waals surface area contributed by atoms with E-state index in [1.54, 1.807) is 24.3 Å². The van der Waals surface area contributed by atoms with Crippen molar-refractivity contribution >= 4 is 11.1 Å². The molecule has 3 aromatic rings. The van der Waals surface area contributed by atoms with E-state index in [4.69, 9.17) is 9.68 Å². The Morgan fingerprint density at radius 3 is 2.61 bits per heavy atom. The quantitative estimate of drug-likeness (QED) is 0.479. The van der Waals surface area contributed by atoms with E-state index >= 15 is 0 Å². The van der Waals surface area contributed by atoms with Crippen molar-refractivity contribution in [2.75, 3.05) is 0 Å². The molecule has 0 saturated heterocycles. The maximum atomic E-state index is 8.72. The number of hydrogen-bond acceptors (Lipinski definition) is 3. The minimum Gasteiger partial charge on any atom is -0.463 e. The number of aromatic nitrogens is 1. The van der Waals surface area contributed by atoms with Crippen molar-refractivity contribution in [2.24, 2.45) is 0 Å². The third-order valence-corrected chi connectivity index (χ3v) is 2.49. The molecule has 1 heterocycles. The summed E-state index contributed by atoms with van der Waals surface area (Å²) in [7, 11) is 0. The van der Waals surface area contributed by atoms with E-state index in [1.165, 1.54) is 0 Å². The third-order valence-electron chi connectivity index (χ3n) is 2.49. The Balaban J connectivity index is 0.00000120. The van der Waals surface area contributed by atoms with E-state index in [-0.39, 0.29) is 37.7 Å². The van der Waals surface area contributed by atoms with Crippen LogP contribution in [-0.4, -0.2) is 4.98 Å². The van der Waals surface area contributed by atoms with Gasteiger partial charge in [0.15, 0.2) is 0 Å². The van der Waals surface area contributed by atoms with Crippen LogP contribution in [0.15, 0.2) is 46.9 Å². The van der Waals surface area contributed by atoms with Gasteiger partial charge < -0.3 is 4.42 Å². The van der Waals surface area contributed by atoms with Gasteiger partial charge in [0.1, 0.15) is 0 Å². The Bertz CT molecular complexity index is 677. The van der Waals surface area contributed by atoms with Gasteiger partial charge in [-0.05, 0) is 29.8 Å². The molecular formula is C14H7HoN2O-. The van der Waals surface area contributed by atoms with Gasteiger partial charge in [-0.3, -0.25) is 4.98 Å². The molecule has 0 unspecified atom stereocenters. The van der Waals surface area contributed by atoms with Crippen LogP contribution in [0.1, 0.15) is 5.56 Å². The molecule has 0 aliphatic heterocycles. The van der Waals surface area contributed by atoms with Crippen LogP contribution in [0.3, 0.4) is 0 Å². The first-order valence-electron chi connectivity index (χ1n) is 5.14. The molecule has 0 saturated carbocycles. The number of nitrogens with zero attached hydrogens (tertiary/aromatic N) is 2. The van der Waals surface area contributed by atoms with Gasteiger partial charge in [-0.15, -0.1) is 12.1 Å². The topological polar surface area (TPSA) is 49.8 Å². The molecule has 0 atom stereocenters. The molecule has 3 rings (SSSR count). The van der Waals surface area contributed by atoms with Gasteiger partial charge in [0.25, 0.3) is 0 Å². The first kappa shape index (κ1) is 13.1. The second-order valence-corrected chi connectivity index (χ2v) is 3.60. The van der Waals surface area contributed by atoms with Crippen molar-refractivity contribution in [3.05, 3.63) is 54.1 Å². The fourth-order valence-electron chi connectivity index (χ4n) is 1.63.